The topological polar surface area (TPSA) is 47.4 Å². The molecule has 0 bridgehead atoms. The highest BCUT2D eigenvalue weighted by atomic mass is 19.2. The Labute approximate surface area is 154 Å². The van der Waals surface area contributed by atoms with Gasteiger partial charge in [0.2, 0.25) is 5.88 Å². The minimum Gasteiger partial charge on any atom is -0.472 e. The average molecular weight is 369 g/mol. The van der Waals surface area contributed by atoms with Gasteiger partial charge in [-0.2, -0.15) is 0 Å². The summed E-state index contributed by atoms with van der Waals surface area (Å²) in [5, 5.41) is 4.40. The van der Waals surface area contributed by atoms with E-state index in [1.807, 2.05) is 30.3 Å². The summed E-state index contributed by atoms with van der Waals surface area (Å²) >= 11 is 0. The number of benzene rings is 2. The van der Waals surface area contributed by atoms with Gasteiger partial charge in [0.1, 0.15) is 6.61 Å². The van der Waals surface area contributed by atoms with E-state index in [9.17, 15) is 13.6 Å². The summed E-state index contributed by atoms with van der Waals surface area (Å²) < 4.78 is 34.0. The molecule has 1 aliphatic heterocycles. The molecular weight excluding hydrogens is 352 g/mol. The van der Waals surface area contributed by atoms with Crippen molar-refractivity contribution in [2.24, 2.45) is 0 Å². The summed E-state index contributed by atoms with van der Waals surface area (Å²) in [5.74, 6) is -1.84. The van der Waals surface area contributed by atoms with E-state index in [0.717, 1.165) is 23.4 Å². The fraction of sp³-hybridized carbons (Fsp3) is 0.200. The van der Waals surface area contributed by atoms with Crippen LogP contribution in [0.5, 0.6) is 5.88 Å². The van der Waals surface area contributed by atoms with E-state index in [-0.39, 0.29) is 11.5 Å². The van der Waals surface area contributed by atoms with Gasteiger partial charge in [-0.25, -0.2) is 8.78 Å². The van der Waals surface area contributed by atoms with Crippen molar-refractivity contribution in [1.82, 2.24) is 14.7 Å². The first-order valence-electron chi connectivity index (χ1n) is 8.58. The molecule has 0 aliphatic carbocycles. The lowest BCUT2D eigenvalue weighted by Crippen LogP contribution is -2.38. The van der Waals surface area contributed by atoms with E-state index in [1.165, 1.54) is 6.07 Å². The molecular formula is C20H17F2N3O2. The first-order chi connectivity index (χ1) is 13.1. The molecule has 0 N–H and O–H groups in total. The molecule has 1 aromatic heterocycles. The van der Waals surface area contributed by atoms with Crippen molar-refractivity contribution in [3.63, 3.8) is 0 Å². The fourth-order valence-corrected chi connectivity index (χ4v) is 3.03. The minimum absolute atomic E-state index is 0.127. The maximum atomic E-state index is 13.4. The zero-order valence-electron chi connectivity index (χ0n) is 14.4. The number of ether oxygens (including phenoxy) is 1. The highest BCUT2D eigenvalue weighted by Gasteiger charge is 2.24. The van der Waals surface area contributed by atoms with E-state index >= 15 is 0 Å². The third-order valence-corrected chi connectivity index (χ3v) is 4.46. The smallest absolute Gasteiger partial charge is 0.254 e. The summed E-state index contributed by atoms with van der Waals surface area (Å²) in [7, 11) is 0. The molecule has 0 saturated carbocycles. The molecule has 138 valence electrons. The minimum atomic E-state index is -1.03. The molecule has 7 heteroatoms. The van der Waals surface area contributed by atoms with Gasteiger partial charge in [0.25, 0.3) is 5.91 Å². The first kappa shape index (κ1) is 17.2. The Bertz CT molecular complexity index is 973. The standard InChI is InChI=1S/C20H17F2N3O2/c21-17-7-6-15(10-18(17)22)20(26)24-8-9-25-16(12-24)11-19(23-25)27-13-14-4-2-1-3-5-14/h1-7,10-11H,8-9,12-13H2. The molecule has 4 rings (SSSR count). The Morgan fingerprint density at radius 2 is 1.85 bits per heavy atom. The predicted molar refractivity (Wildman–Crippen MR) is 94.1 cm³/mol. The largest absolute Gasteiger partial charge is 0.472 e. The van der Waals surface area contributed by atoms with Gasteiger partial charge in [0, 0.05) is 18.2 Å². The first-order valence-corrected chi connectivity index (χ1v) is 8.58. The number of halogens is 2. The van der Waals surface area contributed by atoms with E-state index in [2.05, 4.69) is 5.10 Å². The Balaban J connectivity index is 1.44. The van der Waals surface area contributed by atoms with E-state index in [0.29, 0.717) is 32.1 Å². The zero-order chi connectivity index (χ0) is 18.8. The van der Waals surface area contributed by atoms with Crippen LogP contribution in [0.25, 0.3) is 0 Å². The summed E-state index contributed by atoms with van der Waals surface area (Å²) in [6.07, 6.45) is 0. The molecule has 0 radical (unpaired) electrons. The lowest BCUT2D eigenvalue weighted by Gasteiger charge is -2.27. The molecule has 0 fully saturated rings. The third-order valence-electron chi connectivity index (χ3n) is 4.46. The van der Waals surface area contributed by atoms with Crippen molar-refractivity contribution >= 4 is 5.91 Å². The van der Waals surface area contributed by atoms with Gasteiger partial charge >= 0.3 is 0 Å². The number of hydrogen-bond donors (Lipinski definition) is 0. The number of aromatic nitrogens is 2. The highest BCUT2D eigenvalue weighted by molar-refractivity contribution is 5.94. The van der Waals surface area contributed by atoms with Crippen LogP contribution in [0.2, 0.25) is 0 Å². The molecule has 5 nitrogen and oxygen atoms in total. The number of carbonyl (C=O) groups is 1. The Morgan fingerprint density at radius 1 is 1.04 bits per heavy atom. The third kappa shape index (κ3) is 3.67. The summed E-state index contributed by atoms with van der Waals surface area (Å²) in [4.78, 5) is 14.2. The van der Waals surface area contributed by atoms with Gasteiger partial charge < -0.3 is 9.64 Å². The van der Waals surface area contributed by atoms with Crippen molar-refractivity contribution in [2.45, 2.75) is 19.7 Å². The zero-order valence-corrected chi connectivity index (χ0v) is 14.4. The highest BCUT2D eigenvalue weighted by Crippen LogP contribution is 2.21. The number of fused-ring (bicyclic) bond motifs is 1. The SMILES string of the molecule is O=C(c1ccc(F)c(F)c1)N1CCn2nc(OCc3ccccc3)cc2C1. The number of carbonyl (C=O) groups excluding carboxylic acids is 1. The summed E-state index contributed by atoms with van der Waals surface area (Å²) in [6.45, 7) is 1.69. The molecule has 0 saturated heterocycles. The van der Waals surface area contributed by atoms with Crippen LogP contribution >= 0.6 is 0 Å². The summed E-state index contributed by atoms with van der Waals surface area (Å²) in [6, 6.07) is 14.8. The van der Waals surface area contributed by atoms with Gasteiger partial charge in [-0.3, -0.25) is 9.48 Å². The van der Waals surface area contributed by atoms with Crippen LogP contribution in [0.4, 0.5) is 8.78 Å². The lowest BCUT2D eigenvalue weighted by molar-refractivity contribution is 0.0705. The number of rotatable bonds is 4. The van der Waals surface area contributed by atoms with Gasteiger partial charge in [-0.15, -0.1) is 5.10 Å². The monoisotopic (exact) mass is 369 g/mol. The molecule has 1 amide bonds. The Kier molecular flexibility index (Phi) is 4.58. The van der Waals surface area contributed by atoms with Crippen LogP contribution < -0.4 is 4.74 Å². The van der Waals surface area contributed by atoms with Crippen molar-refractivity contribution in [3.05, 3.63) is 83.1 Å². The van der Waals surface area contributed by atoms with Crippen LogP contribution in [0.15, 0.2) is 54.6 Å². The number of hydrogen-bond acceptors (Lipinski definition) is 3. The predicted octanol–water partition coefficient (Wildman–Crippen LogP) is 3.40. The van der Waals surface area contributed by atoms with Gasteiger partial charge in [0.15, 0.2) is 11.6 Å². The normalized spacial score (nSPS) is 13.3. The molecule has 27 heavy (non-hydrogen) atoms. The van der Waals surface area contributed by atoms with Gasteiger partial charge in [-0.1, -0.05) is 30.3 Å². The second kappa shape index (κ2) is 7.19. The quantitative estimate of drug-likeness (QED) is 0.708. The Hall–Kier alpha value is -3.22. The lowest BCUT2D eigenvalue weighted by atomic mass is 10.1. The Morgan fingerprint density at radius 3 is 2.63 bits per heavy atom. The fourth-order valence-electron chi connectivity index (χ4n) is 3.03. The number of amides is 1. The molecule has 2 aromatic carbocycles. The van der Waals surface area contributed by atoms with E-state index in [1.54, 1.807) is 15.6 Å². The average Bonchev–Trinajstić information content (AvgIpc) is 3.11. The van der Waals surface area contributed by atoms with Gasteiger partial charge in [-0.05, 0) is 23.8 Å². The van der Waals surface area contributed by atoms with E-state index in [4.69, 9.17) is 4.74 Å². The van der Waals surface area contributed by atoms with Crippen molar-refractivity contribution in [2.75, 3.05) is 6.54 Å². The molecule has 3 aromatic rings. The van der Waals surface area contributed by atoms with Crippen LogP contribution in [0.1, 0.15) is 21.6 Å². The van der Waals surface area contributed by atoms with Crippen molar-refractivity contribution in [3.8, 4) is 5.88 Å². The van der Waals surface area contributed by atoms with E-state index < -0.39 is 11.6 Å². The molecule has 0 spiro atoms. The van der Waals surface area contributed by atoms with Crippen LogP contribution in [0.3, 0.4) is 0 Å². The van der Waals surface area contributed by atoms with Crippen LogP contribution in [-0.2, 0) is 19.7 Å². The number of nitrogens with zero attached hydrogens (tertiary/aromatic N) is 3. The maximum Gasteiger partial charge on any atom is 0.254 e. The molecule has 0 atom stereocenters. The van der Waals surface area contributed by atoms with Crippen LogP contribution in [0, 0.1) is 11.6 Å². The van der Waals surface area contributed by atoms with Crippen molar-refractivity contribution < 1.29 is 18.3 Å². The molecule has 0 unspecified atom stereocenters. The van der Waals surface area contributed by atoms with Crippen LogP contribution in [-0.4, -0.2) is 27.1 Å². The van der Waals surface area contributed by atoms with Gasteiger partial charge in [0.05, 0.1) is 18.8 Å². The maximum absolute atomic E-state index is 13.4. The van der Waals surface area contributed by atoms with Crippen molar-refractivity contribution in [1.29, 1.82) is 0 Å². The molecule has 1 aliphatic rings. The second-order valence-electron chi connectivity index (χ2n) is 6.33. The summed E-state index contributed by atoms with van der Waals surface area (Å²) in [5.41, 5.74) is 2.00. The molecule has 2 heterocycles. The second-order valence-corrected chi connectivity index (χ2v) is 6.33.